The van der Waals surface area contributed by atoms with Crippen LogP contribution in [0.2, 0.25) is 0 Å². The number of nitrogens with one attached hydrogen (secondary N) is 1. The molecule has 0 aromatic rings. The van der Waals surface area contributed by atoms with Crippen molar-refractivity contribution in [3.8, 4) is 6.19 Å². The predicted octanol–water partition coefficient (Wildman–Crippen LogP) is 0.748. The SMILES string of the molecule is N#CN1CCCC1N1NCCCS1. The fourth-order valence-electron chi connectivity index (χ4n) is 1.77. The second kappa shape index (κ2) is 4.18. The van der Waals surface area contributed by atoms with Gasteiger partial charge in [0.25, 0.3) is 0 Å². The average Bonchev–Trinajstić information content (AvgIpc) is 2.67. The van der Waals surface area contributed by atoms with Crippen molar-refractivity contribution in [2.75, 3.05) is 18.8 Å². The van der Waals surface area contributed by atoms with E-state index in [-0.39, 0.29) is 6.17 Å². The van der Waals surface area contributed by atoms with Gasteiger partial charge in [-0.3, -0.25) is 4.90 Å². The molecule has 5 heteroatoms. The molecule has 0 aromatic heterocycles. The number of nitriles is 1. The highest BCUT2D eigenvalue weighted by Crippen LogP contribution is 2.25. The van der Waals surface area contributed by atoms with E-state index in [1.54, 1.807) is 0 Å². The molecule has 0 radical (unpaired) electrons. The Bertz CT molecular complexity index is 209. The minimum absolute atomic E-state index is 0.287. The highest BCUT2D eigenvalue weighted by molar-refractivity contribution is 7.97. The van der Waals surface area contributed by atoms with Crippen molar-refractivity contribution in [1.82, 2.24) is 14.7 Å². The first-order valence-electron chi connectivity index (χ1n) is 4.74. The number of hydrazine groups is 1. The summed E-state index contributed by atoms with van der Waals surface area (Å²) in [5.41, 5.74) is 3.33. The molecule has 4 nitrogen and oxygen atoms in total. The molecule has 0 bridgehead atoms. The lowest BCUT2D eigenvalue weighted by Gasteiger charge is -2.34. The van der Waals surface area contributed by atoms with Crippen molar-refractivity contribution < 1.29 is 0 Å². The van der Waals surface area contributed by atoms with Gasteiger partial charge in [-0.15, -0.1) is 0 Å². The third-order valence-corrected chi connectivity index (χ3v) is 3.56. The van der Waals surface area contributed by atoms with Gasteiger partial charge in [-0.25, -0.2) is 5.43 Å². The molecule has 1 atom stereocenters. The van der Waals surface area contributed by atoms with E-state index in [9.17, 15) is 0 Å². The molecule has 72 valence electrons. The zero-order chi connectivity index (χ0) is 9.10. The van der Waals surface area contributed by atoms with Gasteiger partial charge in [0.2, 0.25) is 0 Å². The van der Waals surface area contributed by atoms with E-state index in [1.807, 2.05) is 16.8 Å². The van der Waals surface area contributed by atoms with Crippen LogP contribution in [0.5, 0.6) is 0 Å². The Morgan fingerprint density at radius 2 is 2.38 bits per heavy atom. The summed E-state index contributed by atoms with van der Waals surface area (Å²) in [5.74, 6) is 1.17. The molecule has 2 aliphatic heterocycles. The number of likely N-dealkylation sites (tertiary alicyclic amines) is 1. The van der Waals surface area contributed by atoms with Crippen molar-refractivity contribution in [2.24, 2.45) is 0 Å². The summed E-state index contributed by atoms with van der Waals surface area (Å²) in [4.78, 5) is 1.87. The smallest absolute Gasteiger partial charge is 0.180 e. The Morgan fingerprint density at radius 3 is 3.08 bits per heavy atom. The lowest BCUT2D eigenvalue weighted by atomic mass is 10.3. The van der Waals surface area contributed by atoms with E-state index in [4.69, 9.17) is 5.26 Å². The van der Waals surface area contributed by atoms with Gasteiger partial charge in [-0.2, -0.15) is 9.68 Å². The highest BCUT2D eigenvalue weighted by atomic mass is 32.2. The van der Waals surface area contributed by atoms with E-state index in [0.717, 1.165) is 25.9 Å². The first-order chi connectivity index (χ1) is 6.42. The third kappa shape index (κ3) is 1.90. The van der Waals surface area contributed by atoms with Crippen LogP contribution in [0.3, 0.4) is 0 Å². The van der Waals surface area contributed by atoms with E-state index < -0.39 is 0 Å². The largest absolute Gasteiger partial charge is 0.292 e. The summed E-state index contributed by atoms with van der Waals surface area (Å²) in [6.45, 7) is 1.96. The van der Waals surface area contributed by atoms with Crippen LogP contribution in [0, 0.1) is 11.5 Å². The Morgan fingerprint density at radius 1 is 1.46 bits per heavy atom. The molecule has 0 amide bonds. The molecule has 0 aliphatic carbocycles. The van der Waals surface area contributed by atoms with Crippen LogP contribution < -0.4 is 5.43 Å². The highest BCUT2D eigenvalue weighted by Gasteiger charge is 2.30. The molecule has 0 saturated carbocycles. The zero-order valence-corrected chi connectivity index (χ0v) is 8.39. The van der Waals surface area contributed by atoms with Gasteiger partial charge in [0.1, 0.15) is 6.17 Å². The van der Waals surface area contributed by atoms with Crippen molar-refractivity contribution in [3.05, 3.63) is 0 Å². The van der Waals surface area contributed by atoms with Gasteiger partial charge >= 0.3 is 0 Å². The van der Waals surface area contributed by atoms with E-state index in [2.05, 4.69) is 16.0 Å². The molecular formula is C8H14N4S. The van der Waals surface area contributed by atoms with Gasteiger partial charge in [0, 0.05) is 18.8 Å². The summed E-state index contributed by atoms with van der Waals surface area (Å²) in [7, 11) is 0. The molecule has 0 aromatic carbocycles. The lowest BCUT2D eigenvalue weighted by molar-refractivity contribution is 0.160. The molecule has 0 spiro atoms. The first kappa shape index (κ1) is 9.13. The Hall–Kier alpha value is -0.440. The summed E-state index contributed by atoms with van der Waals surface area (Å²) in [6.07, 6.45) is 6.00. The van der Waals surface area contributed by atoms with Gasteiger partial charge < -0.3 is 0 Å². The van der Waals surface area contributed by atoms with Gasteiger partial charge in [-0.05, 0) is 19.3 Å². The van der Waals surface area contributed by atoms with Crippen LogP contribution in [-0.4, -0.2) is 34.3 Å². The molecule has 2 aliphatic rings. The minimum Gasteiger partial charge on any atom is -0.292 e. The lowest BCUT2D eigenvalue weighted by Crippen LogP contribution is -2.48. The maximum Gasteiger partial charge on any atom is 0.180 e. The van der Waals surface area contributed by atoms with E-state index >= 15 is 0 Å². The molecule has 2 heterocycles. The van der Waals surface area contributed by atoms with Crippen molar-refractivity contribution >= 4 is 11.9 Å². The van der Waals surface area contributed by atoms with Crippen LogP contribution >= 0.6 is 11.9 Å². The molecule has 1 N–H and O–H groups in total. The summed E-state index contributed by atoms with van der Waals surface area (Å²) in [5, 5.41) is 8.88. The molecule has 1 unspecified atom stereocenters. The Balaban J connectivity index is 1.94. The monoisotopic (exact) mass is 198 g/mol. The Labute approximate surface area is 83.0 Å². The average molecular weight is 198 g/mol. The molecule has 2 fully saturated rings. The quantitative estimate of drug-likeness (QED) is 0.497. The number of hydrogen-bond donors (Lipinski definition) is 1. The van der Waals surface area contributed by atoms with Crippen molar-refractivity contribution in [2.45, 2.75) is 25.4 Å². The standard InChI is InChI=1S/C8H14N4S/c9-7-11-5-1-3-8(11)12-10-4-2-6-13-12/h8,10H,1-6H2. The van der Waals surface area contributed by atoms with Crippen LogP contribution in [0.1, 0.15) is 19.3 Å². The van der Waals surface area contributed by atoms with Gasteiger partial charge in [0.15, 0.2) is 6.19 Å². The first-order valence-corrected chi connectivity index (χ1v) is 5.68. The number of hydrogen-bond acceptors (Lipinski definition) is 5. The second-order valence-electron chi connectivity index (χ2n) is 3.34. The maximum absolute atomic E-state index is 8.88. The topological polar surface area (TPSA) is 42.3 Å². The van der Waals surface area contributed by atoms with Crippen molar-refractivity contribution in [3.63, 3.8) is 0 Å². The minimum atomic E-state index is 0.287. The zero-order valence-electron chi connectivity index (χ0n) is 7.57. The van der Waals surface area contributed by atoms with Gasteiger partial charge in [0.05, 0.1) is 0 Å². The van der Waals surface area contributed by atoms with Gasteiger partial charge in [-0.1, -0.05) is 11.9 Å². The number of nitrogens with zero attached hydrogens (tertiary/aromatic N) is 3. The van der Waals surface area contributed by atoms with Crippen LogP contribution in [0.4, 0.5) is 0 Å². The third-order valence-electron chi connectivity index (χ3n) is 2.44. The fraction of sp³-hybridized carbons (Fsp3) is 0.875. The van der Waals surface area contributed by atoms with Crippen LogP contribution in [-0.2, 0) is 0 Å². The van der Waals surface area contributed by atoms with Crippen LogP contribution in [0.25, 0.3) is 0 Å². The summed E-state index contributed by atoms with van der Waals surface area (Å²) in [6, 6.07) is 0. The molecule has 13 heavy (non-hydrogen) atoms. The van der Waals surface area contributed by atoms with E-state index in [0.29, 0.717) is 0 Å². The molecular weight excluding hydrogens is 184 g/mol. The number of rotatable bonds is 1. The van der Waals surface area contributed by atoms with Crippen molar-refractivity contribution in [1.29, 1.82) is 5.26 Å². The Kier molecular flexibility index (Phi) is 2.94. The molecule has 2 rings (SSSR count). The van der Waals surface area contributed by atoms with E-state index in [1.165, 1.54) is 12.2 Å². The maximum atomic E-state index is 8.88. The van der Waals surface area contributed by atoms with Crippen LogP contribution in [0.15, 0.2) is 0 Å². The summed E-state index contributed by atoms with van der Waals surface area (Å²) < 4.78 is 2.15. The second-order valence-corrected chi connectivity index (χ2v) is 4.40. The summed E-state index contributed by atoms with van der Waals surface area (Å²) >= 11 is 1.81. The molecule has 2 saturated heterocycles. The normalized spacial score (nSPS) is 30.4. The fourth-order valence-corrected chi connectivity index (χ4v) is 2.81. The predicted molar refractivity (Wildman–Crippen MR) is 52.3 cm³/mol.